The van der Waals surface area contributed by atoms with Gasteiger partial charge in [-0.3, -0.25) is 4.79 Å². The molecule has 0 heterocycles. The van der Waals surface area contributed by atoms with Crippen LogP contribution in [0.15, 0.2) is 18.2 Å². The Hall–Kier alpha value is -1.26. The fraction of sp³-hybridized carbons (Fsp3) is 0.533. The molecular weight excluding hydrogens is 276 g/mol. The highest BCUT2D eigenvalue weighted by atomic mass is 35.5. The van der Waals surface area contributed by atoms with E-state index in [1.165, 1.54) is 6.07 Å². The van der Waals surface area contributed by atoms with E-state index in [1.54, 1.807) is 12.1 Å². The van der Waals surface area contributed by atoms with Gasteiger partial charge in [0, 0.05) is 6.54 Å². The number of hydrogen-bond donors (Lipinski definition) is 2. The molecule has 0 atom stereocenters. The number of nitrogens with one attached hydrogen (secondary N) is 1. The number of rotatable bonds is 8. The number of hydrogen-bond acceptors (Lipinski definition) is 3. The molecule has 1 amide bonds. The Bertz CT molecular complexity index is 434. The molecule has 0 aliphatic rings. The third-order valence-electron chi connectivity index (χ3n) is 3.24. The topological polar surface area (TPSA) is 52.6 Å². The van der Waals surface area contributed by atoms with Crippen LogP contribution in [0.25, 0.3) is 0 Å². The van der Waals surface area contributed by atoms with Crippen molar-refractivity contribution in [3.63, 3.8) is 0 Å². The van der Waals surface area contributed by atoms with E-state index in [2.05, 4.69) is 24.1 Å². The van der Waals surface area contributed by atoms with Crippen molar-refractivity contribution in [3.8, 4) is 5.75 Å². The lowest BCUT2D eigenvalue weighted by atomic mass is 10.1. The highest BCUT2D eigenvalue weighted by molar-refractivity contribution is 6.32. The summed E-state index contributed by atoms with van der Waals surface area (Å²) in [6.45, 7) is 8.03. The SMILES string of the molecule is CCN(CC)CCCNC(=O)Cc1ccc(O)c(Cl)c1. The summed E-state index contributed by atoms with van der Waals surface area (Å²) < 4.78 is 0. The van der Waals surface area contributed by atoms with E-state index in [1.807, 2.05) is 0 Å². The van der Waals surface area contributed by atoms with E-state index in [4.69, 9.17) is 11.6 Å². The lowest BCUT2D eigenvalue weighted by molar-refractivity contribution is -0.120. The third-order valence-corrected chi connectivity index (χ3v) is 3.55. The number of nitrogens with zero attached hydrogens (tertiary/aromatic N) is 1. The average Bonchev–Trinajstić information content (AvgIpc) is 2.43. The molecule has 0 radical (unpaired) electrons. The maximum atomic E-state index is 11.8. The number of phenolic OH excluding ortho intramolecular Hbond substituents is 1. The first-order valence-electron chi connectivity index (χ1n) is 7.03. The Balaban J connectivity index is 2.28. The van der Waals surface area contributed by atoms with Gasteiger partial charge in [0.2, 0.25) is 5.91 Å². The first-order valence-corrected chi connectivity index (χ1v) is 7.41. The molecule has 0 spiro atoms. The number of amides is 1. The predicted molar refractivity (Wildman–Crippen MR) is 82.2 cm³/mol. The van der Waals surface area contributed by atoms with Gasteiger partial charge < -0.3 is 15.3 Å². The molecule has 4 nitrogen and oxygen atoms in total. The highest BCUT2D eigenvalue weighted by Crippen LogP contribution is 2.23. The van der Waals surface area contributed by atoms with E-state index in [0.717, 1.165) is 31.6 Å². The zero-order chi connectivity index (χ0) is 15.0. The lowest BCUT2D eigenvalue weighted by Crippen LogP contribution is -2.30. The second-order valence-corrected chi connectivity index (χ2v) is 5.10. The van der Waals surface area contributed by atoms with Crippen LogP contribution in [0.4, 0.5) is 0 Å². The van der Waals surface area contributed by atoms with Crippen LogP contribution in [0, 0.1) is 0 Å². The largest absolute Gasteiger partial charge is 0.506 e. The van der Waals surface area contributed by atoms with Crippen molar-refractivity contribution in [1.29, 1.82) is 0 Å². The van der Waals surface area contributed by atoms with Gasteiger partial charge in [0.1, 0.15) is 5.75 Å². The molecule has 20 heavy (non-hydrogen) atoms. The molecule has 5 heteroatoms. The van der Waals surface area contributed by atoms with Crippen LogP contribution in [-0.4, -0.2) is 42.1 Å². The maximum absolute atomic E-state index is 11.8. The first kappa shape index (κ1) is 16.8. The van der Waals surface area contributed by atoms with E-state index in [-0.39, 0.29) is 23.1 Å². The van der Waals surface area contributed by atoms with Crippen molar-refractivity contribution in [3.05, 3.63) is 28.8 Å². The van der Waals surface area contributed by atoms with Gasteiger partial charge in [0.15, 0.2) is 0 Å². The Morgan fingerprint density at radius 1 is 1.35 bits per heavy atom. The molecule has 1 rings (SSSR count). The number of aromatic hydroxyl groups is 1. The van der Waals surface area contributed by atoms with E-state index in [0.29, 0.717) is 6.54 Å². The molecule has 112 valence electrons. The van der Waals surface area contributed by atoms with Gasteiger partial charge in [-0.25, -0.2) is 0 Å². The fourth-order valence-electron chi connectivity index (χ4n) is 1.98. The van der Waals surface area contributed by atoms with Crippen LogP contribution in [-0.2, 0) is 11.2 Å². The summed E-state index contributed by atoms with van der Waals surface area (Å²) >= 11 is 5.80. The van der Waals surface area contributed by atoms with Crippen molar-refractivity contribution in [2.45, 2.75) is 26.7 Å². The minimum atomic E-state index is -0.0219. The van der Waals surface area contributed by atoms with Crippen LogP contribution in [0.2, 0.25) is 5.02 Å². The smallest absolute Gasteiger partial charge is 0.224 e. The van der Waals surface area contributed by atoms with Gasteiger partial charge in [-0.1, -0.05) is 31.5 Å². The molecule has 1 aromatic carbocycles. The molecule has 0 aliphatic carbocycles. The molecule has 0 aliphatic heterocycles. The van der Waals surface area contributed by atoms with E-state index >= 15 is 0 Å². The molecule has 2 N–H and O–H groups in total. The first-order chi connectivity index (χ1) is 9.56. The molecule has 0 bridgehead atoms. The predicted octanol–water partition coefficient (Wildman–Crippen LogP) is 2.44. The van der Waals surface area contributed by atoms with Gasteiger partial charge in [-0.2, -0.15) is 0 Å². The lowest BCUT2D eigenvalue weighted by Gasteiger charge is -2.17. The minimum Gasteiger partial charge on any atom is -0.506 e. The molecular formula is C15H23ClN2O2. The minimum absolute atomic E-state index is 0.0219. The monoisotopic (exact) mass is 298 g/mol. The molecule has 0 saturated heterocycles. The zero-order valence-corrected chi connectivity index (χ0v) is 12.9. The molecule has 1 aromatic rings. The number of carbonyl (C=O) groups is 1. The third kappa shape index (κ3) is 5.80. The van der Waals surface area contributed by atoms with Crippen LogP contribution < -0.4 is 5.32 Å². The summed E-state index contributed by atoms with van der Waals surface area (Å²) in [7, 11) is 0. The number of carbonyl (C=O) groups excluding carboxylic acids is 1. The summed E-state index contributed by atoms with van der Waals surface area (Å²) in [4.78, 5) is 14.1. The number of halogens is 1. The van der Waals surface area contributed by atoms with Gasteiger partial charge in [-0.15, -0.1) is 0 Å². The number of benzene rings is 1. The van der Waals surface area contributed by atoms with Crippen molar-refractivity contribution in [2.24, 2.45) is 0 Å². The Labute approximate surface area is 125 Å². The molecule has 0 fully saturated rings. The van der Waals surface area contributed by atoms with E-state index < -0.39 is 0 Å². The number of phenols is 1. The van der Waals surface area contributed by atoms with Crippen molar-refractivity contribution in [2.75, 3.05) is 26.2 Å². The Morgan fingerprint density at radius 2 is 2.05 bits per heavy atom. The summed E-state index contributed by atoms with van der Waals surface area (Å²) in [5.41, 5.74) is 0.800. The standard InChI is InChI=1S/C15H23ClN2O2/c1-3-18(4-2)9-5-8-17-15(20)11-12-6-7-14(19)13(16)10-12/h6-7,10,19H,3-5,8-9,11H2,1-2H3,(H,17,20). The van der Waals surface area contributed by atoms with Crippen LogP contribution >= 0.6 is 11.6 Å². The Morgan fingerprint density at radius 3 is 2.65 bits per heavy atom. The van der Waals surface area contributed by atoms with Crippen LogP contribution in [0.1, 0.15) is 25.8 Å². The summed E-state index contributed by atoms with van der Waals surface area (Å²) in [6.07, 6.45) is 1.23. The second-order valence-electron chi connectivity index (χ2n) is 4.69. The maximum Gasteiger partial charge on any atom is 0.224 e. The van der Waals surface area contributed by atoms with Gasteiger partial charge in [0.05, 0.1) is 11.4 Å². The fourth-order valence-corrected chi connectivity index (χ4v) is 2.18. The quantitative estimate of drug-likeness (QED) is 0.725. The van der Waals surface area contributed by atoms with Crippen molar-refractivity contribution >= 4 is 17.5 Å². The van der Waals surface area contributed by atoms with E-state index in [9.17, 15) is 9.90 Å². The molecule has 0 unspecified atom stereocenters. The van der Waals surface area contributed by atoms with Crippen molar-refractivity contribution < 1.29 is 9.90 Å². The summed E-state index contributed by atoms with van der Waals surface area (Å²) in [5.74, 6) is 0.0151. The Kier molecular flexibility index (Phi) is 7.41. The van der Waals surface area contributed by atoms with Crippen LogP contribution in [0.3, 0.4) is 0 Å². The van der Waals surface area contributed by atoms with Crippen LogP contribution in [0.5, 0.6) is 5.75 Å². The second kappa shape index (κ2) is 8.82. The molecule has 0 saturated carbocycles. The summed E-state index contributed by atoms with van der Waals surface area (Å²) in [6, 6.07) is 4.83. The highest BCUT2D eigenvalue weighted by Gasteiger charge is 2.06. The van der Waals surface area contributed by atoms with Crippen molar-refractivity contribution in [1.82, 2.24) is 10.2 Å². The normalized spacial score (nSPS) is 10.8. The van der Waals surface area contributed by atoms with Gasteiger partial charge in [-0.05, 0) is 43.8 Å². The van der Waals surface area contributed by atoms with Gasteiger partial charge >= 0.3 is 0 Å². The molecule has 0 aromatic heterocycles. The van der Waals surface area contributed by atoms with Gasteiger partial charge in [0.25, 0.3) is 0 Å². The summed E-state index contributed by atoms with van der Waals surface area (Å²) in [5, 5.41) is 12.5. The zero-order valence-electron chi connectivity index (χ0n) is 12.2. The average molecular weight is 299 g/mol.